The molecule has 0 aliphatic carbocycles. The topological polar surface area (TPSA) is 47.9 Å². The molecule has 1 fully saturated rings. The zero-order chi connectivity index (χ0) is 15.6. The van der Waals surface area contributed by atoms with Gasteiger partial charge in [0.2, 0.25) is 0 Å². The molecule has 1 unspecified atom stereocenters. The summed E-state index contributed by atoms with van der Waals surface area (Å²) in [6.07, 6.45) is 7.52. The number of unbranched alkanes of at least 4 members (excludes halogenated alkanes) is 3. The fourth-order valence-electron chi connectivity index (χ4n) is 2.33. The SMILES string of the molecule is C=CCCCCCN(C)C(=NCC1(O)CCSC1)NCC.I. The van der Waals surface area contributed by atoms with Crippen molar-refractivity contribution in [2.75, 3.05) is 38.2 Å². The fourth-order valence-corrected chi connectivity index (χ4v) is 3.62. The molecule has 0 radical (unpaired) electrons. The van der Waals surface area contributed by atoms with E-state index in [9.17, 15) is 5.11 Å². The van der Waals surface area contributed by atoms with Crippen LogP contribution in [0, 0.1) is 0 Å². The van der Waals surface area contributed by atoms with E-state index in [-0.39, 0.29) is 24.0 Å². The van der Waals surface area contributed by atoms with E-state index < -0.39 is 5.60 Å². The molecular weight excluding hydrogens is 409 g/mol. The molecule has 1 aliphatic rings. The molecule has 6 heteroatoms. The second-order valence-corrected chi connectivity index (χ2v) is 6.86. The number of allylic oxidation sites excluding steroid dienone is 1. The number of halogens is 1. The van der Waals surface area contributed by atoms with Crippen LogP contribution in [0.4, 0.5) is 0 Å². The first-order chi connectivity index (χ1) is 10.1. The summed E-state index contributed by atoms with van der Waals surface area (Å²) in [5, 5.41) is 13.7. The molecule has 0 spiro atoms. The molecule has 0 aromatic carbocycles. The summed E-state index contributed by atoms with van der Waals surface area (Å²) in [6, 6.07) is 0. The van der Waals surface area contributed by atoms with Crippen LogP contribution in [0.15, 0.2) is 17.6 Å². The fraction of sp³-hybridized carbons (Fsp3) is 0.812. The maximum atomic E-state index is 10.4. The van der Waals surface area contributed by atoms with Crippen LogP contribution in [-0.2, 0) is 0 Å². The zero-order valence-electron chi connectivity index (χ0n) is 14.0. The molecular formula is C16H32IN3OS. The molecule has 1 rings (SSSR count). The Bertz CT molecular complexity index is 333. The number of aliphatic imine (C=N–C) groups is 1. The highest BCUT2D eigenvalue weighted by molar-refractivity contribution is 14.0. The lowest BCUT2D eigenvalue weighted by Crippen LogP contribution is -2.41. The molecule has 0 amide bonds. The summed E-state index contributed by atoms with van der Waals surface area (Å²) in [7, 11) is 2.07. The van der Waals surface area contributed by atoms with Gasteiger partial charge < -0.3 is 15.3 Å². The van der Waals surface area contributed by atoms with Gasteiger partial charge in [0.25, 0.3) is 0 Å². The molecule has 0 bridgehead atoms. The number of nitrogens with zero attached hydrogens (tertiary/aromatic N) is 2. The predicted molar refractivity (Wildman–Crippen MR) is 110 cm³/mol. The minimum atomic E-state index is -0.601. The third-order valence-electron chi connectivity index (χ3n) is 3.70. The third-order valence-corrected chi connectivity index (χ3v) is 4.94. The maximum absolute atomic E-state index is 10.4. The molecule has 1 atom stereocenters. The minimum Gasteiger partial charge on any atom is -0.387 e. The van der Waals surface area contributed by atoms with E-state index >= 15 is 0 Å². The van der Waals surface area contributed by atoms with Gasteiger partial charge in [0.15, 0.2) is 5.96 Å². The summed E-state index contributed by atoms with van der Waals surface area (Å²) in [4.78, 5) is 6.80. The number of nitrogens with one attached hydrogen (secondary N) is 1. The van der Waals surface area contributed by atoms with Gasteiger partial charge in [-0.15, -0.1) is 30.6 Å². The van der Waals surface area contributed by atoms with Gasteiger partial charge in [-0.2, -0.15) is 11.8 Å². The van der Waals surface area contributed by atoms with Crippen LogP contribution >= 0.6 is 35.7 Å². The molecule has 1 aliphatic heterocycles. The Kier molecular flexibility index (Phi) is 12.5. The highest BCUT2D eigenvalue weighted by atomic mass is 127. The first-order valence-electron chi connectivity index (χ1n) is 8.02. The number of thioether (sulfide) groups is 1. The van der Waals surface area contributed by atoms with Gasteiger partial charge in [-0.1, -0.05) is 12.5 Å². The number of aliphatic hydroxyl groups is 1. The Morgan fingerprint density at radius 3 is 2.82 bits per heavy atom. The first-order valence-corrected chi connectivity index (χ1v) is 9.17. The quantitative estimate of drug-likeness (QED) is 0.190. The standard InChI is InChI=1S/C16H31N3OS.HI/c1-4-6-7-8-9-11-19(3)15(17-5-2)18-13-16(20)10-12-21-14-16;/h4,20H,1,5-14H2,2-3H3,(H,17,18);1H. The molecule has 0 aromatic rings. The first kappa shape index (κ1) is 22.1. The smallest absolute Gasteiger partial charge is 0.193 e. The van der Waals surface area contributed by atoms with Gasteiger partial charge in [0.05, 0.1) is 12.1 Å². The van der Waals surface area contributed by atoms with Crippen molar-refractivity contribution in [3.63, 3.8) is 0 Å². The molecule has 22 heavy (non-hydrogen) atoms. The van der Waals surface area contributed by atoms with Crippen LogP contribution in [0.3, 0.4) is 0 Å². The Balaban J connectivity index is 0.00000441. The van der Waals surface area contributed by atoms with E-state index in [1.54, 1.807) is 0 Å². The molecule has 4 nitrogen and oxygen atoms in total. The number of hydrogen-bond donors (Lipinski definition) is 2. The van der Waals surface area contributed by atoms with Crippen LogP contribution in [0.2, 0.25) is 0 Å². The van der Waals surface area contributed by atoms with Gasteiger partial charge in [-0.25, -0.2) is 0 Å². The highest BCUT2D eigenvalue weighted by Gasteiger charge is 2.31. The lowest BCUT2D eigenvalue weighted by molar-refractivity contribution is 0.0776. The second kappa shape index (κ2) is 12.5. The maximum Gasteiger partial charge on any atom is 0.193 e. The molecule has 0 aromatic heterocycles. The summed E-state index contributed by atoms with van der Waals surface area (Å²) in [6.45, 7) is 8.18. The van der Waals surface area contributed by atoms with Crippen molar-refractivity contribution in [1.82, 2.24) is 10.2 Å². The average molecular weight is 441 g/mol. The van der Waals surface area contributed by atoms with Gasteiger partial charge in [0, 0.05) is 25.9 Å². The summed E-state index contributed by atoms with van der Waals surface area (Å²) >= 11 is 1.81. The van der Waals surface area contributed by atoms with E-state index in [0.717, 1.165) is 49.8 Å². The predicted octanol–water partition coefficient (Wildman–Crippen LogP) is 3.12. The molecule has 130 valence electrons. The van der Waals surface area contributed by atoms with Crippen LogP contribution in [-0.4, -0.2) is 59.8 Å². The van der Waals surface area contributed by atoms with Gasteiger partial charge in [0.1, 0.15) is 0 Å². The summed E-state index contributed by atoms with van der Waals surface area (Å²) < 4.78 is 0. The Labute approximate surface area is 157 Å². The van der Waals surface area contributed by atoms with Gasteiger partial charge in [-0.3, -0.25) is 4.99 Å². The Morgan fingerprint density at radius 2 is 2.23 bits per heavy atom. The third kappa shape index (κ3) is 8.62. The minimum absolute atomic E-state index is 0. The molecule has 0 saturated carbocycles. The van der Waals surface area contributed by atoms with Crippen LogP contribution < -0.4 is 5.32 Å². The average Bonchev–Trinajstić information content (AvgIpc) is 2.90. The van der Waals surface area contributed by atoms with E-state index in [1.807, 2.05) is 17.8 Å². The summed E-state index contributed by atoms with van der Waals surface area (Å²) in [5.74, 6) is 2.76. The molecule has 2 N–H and O–H groups in total. The number of guanidine groups is 1. The Hall–Kier alpha value is 0.0500. The van der Waals surface area contributed by atoms with Crippen molar-refractivity contribution < 1.29 is 5.11 Å². The van der Waals surface area contributed by atoms with Gasteiger partial charge in [-0.05, 0) is 38.4 Å². The van der Waals surface area contributed by atoms with E-state index in [0.29, 0.717) is 6.54 Å². The zero-order valence-corrected chi connectivity index (χ0v) is 17.2. The van der Waals surface area contributed by atoms with Crippen LogP contribution in [0.1, 0.15) is 39.0 Å². The van der Waals surface area contributed by atoms with Crippen molar-refractivity contribution >= 4 is 41.7 Å². The lowest BCUT2D eigenvalue weighted by Gasteiger charge is -2.24. The monoisotopic (exact) mass is 441 g/mol. The normalized spacial score (nSPS) is 21.3. The molecule has 1 heterocycles. The van der Waals surface area contributed by atoms with E-state index in [4.69, 9.17) is 0 Å². The van der Waals surface area contributed by atoms with Crippen molar-refractivity contribution in [2.24, 2.45) is 4.99 Å². The van der Waals surface area contributed by atoms with Crippen molar-refractivity contribution in [3.8, 4) is 0 Å². The van der Waals surface area contributed by atoms with Crippen molar-refractivity contribution in [1.29, 1.82) is 0 Å². The van der Waals surface area contributed by atoms with E-state index in [1.165, 1.54) is 12.8 Å². The second-order valence-electron chi connectivity index (χ2n) is 5.76. The van der Waals surface area contributed by atoms with Crippen LogP contribution in [0.5, 0.6) is 0 Å². The summed E-state index contributed by atoms with van der Waals surface area (Å²) in [5.41, 5.74) is -0.601. The largest absolute Gasteiger partial charge is 0.387 e. The number of rotatable bonds is 9. The molecule has 1 saturated heterocycles. The van der Waals surface area contributed by atoms with Crippen molar-refractivity contribution in [3.05, 3.63) is 12.7 Å². The van der Waals surface area contributed by atoms with E-state index in [2.05, 4.69) is 35.8 Å². The number of hydrogen-bond acceptors (Lipinski definition) is 3. The van der Waals surface area contributed by atoms with Gasteiger partial charge >= 0.3 is 0 Å². The highest BCUT2D eigenvalue weighted by Crippen LogP contribution is 2.27. The lowest BCUT2D eigenvalue weighted by atomic mass is 10.0. The van der Waals surface area contributed by atoms with Crippen molar-refractivity contribution in [2.45, 2.75) is 44.6 Å². The Morgan fingerprint density at radius 1 is 1.45 bits per heavy atom. The van der Waals surface area contributed by atoms with Crippen LogP contribution in [0.25, 0.3) is 0 Å².